The number of nitrogens with zero attached hydrogens (tertiary/aromatic N) is 4. The average Bonchev–Trinajstić information content (AvgIpc) is 2.93. The molecule has 0 saturated carbocycles. The van der Waals surface area contributed by atoms with Gasteiger partial charge in [0.1, 0.15) is 0 Å². The van der Waals surface area contributed by atoms with Gasteiger partial charge in [-0.1, -0.05) is 60.7 Å². The molecular weight excluding hydrogens is 228 g/mol. The van der Waals surface area contributed by atoms with Gasteiger partial charge < -0.3 is 5.11 Å². The summed E-state index contributed by atoms with van der Waals surface area (Å²) in [7, 11) is 0. The molecule has 0 aromatic heterocycles. The first-order valence-electron chi connectivity index (χ1n) is 5.45. The van der Waals surface area contributed by atoms with Gasteiger partial charge in [-0.3, -0.25) is 0 Å². The SMILES string of the molecule is OC1N=NN=N1.c1ccc(-c2ccccc2)cc1. The lowest BCUT2D eigenvalue weighted by molar-refractivity contribution is 0.192. The maximum absolute atomic E-state index is 8.21. The summed E-state index contributed by atoms with van der Waals surface area (Å²) in [5, 5.41) is 20.4. The van der Waals surface area contributed by atoms with E-state index >= 15 is 0 Å². The third kappa shape index (κ3) is 3.57. The van der Waals surface area contributed by atoms with Crippen LogP contribution in [0.2, 0.25) is 0 Å². The lowest BCUT2D eigenvalue weighted by Gasteiger charge is -1.98. The molecule has 18 heavy (non-hydrogen) atoms. The van der Waals surface area contributed by atoms with Crippen molar-refractivity contribution in [2.45, 2.75) is 6.35 Å². The fraction of sp³-hybridized carbons (Fsp3) is 0.0769. The highest BCUT2D eigenvalue weighted by Crippen LogP contribution is 2.17. The fourth-order valence-electron chi connectivity index (χ4n) is 1.42. The molecule has 2 aromatic carbocycles. The molecule has 0 fully saturated rings. The monoisotopic (exact) mass is 240 g/mol. The minimum atomic E-state index is -1.04. The van der Waals surface area contributed by atoms with E-state index in [2.05, 4.69) is 69.2 Å². The number of aliphatic hydroxyl groups is 1. The predicted octanol–water partition coefficient (Wildman–Crippen LogP) is 3.45. The van der Waals surface area contributed by atoms with Crippen LogP contribution in [0.3, 0.4) is 0 Å². The summed E-state index contributed by atoms with van der Waals surface area (Å²) < 4.78 is 0. The molecule has 0 bridgehead atoms. The van der Waals surface area contributed by atoms with Crippen LogP contribution in [0.15, 0.2) is 81.3 Å². The predicted molar refractivity (Wildman–Crippen MR) is 67.6 cm³/mol. The summed E-state index contributed by atoms with van der Waals surface area (Å²) in [5.74, 6) is 0. The molecule has 3 rings (SSSR count). The zero-order valence-corrected chi connectivity index (χ0v) is 9.59. The first-order valence-corrected chi connectivity index (χ1v) is 5.45. The van der Waals surface area contributed by atoms with Crippen molar-refractivity contribution in [2.75, 3.05) is 0 Å². The van der Waals surface area contributed by atoms with Gasteiger partial charge in [0.15, 0.2) is 0 Å². The minimum absolute atomic E-state index is 1.04. The van der Waals surface area contributed by atoms with Gasteiger partial charge in [-0.05, 0) is 21.6 Å². The van der Waals surface area contributed by atoms with Crippen molar-refractivity contribution in [3.05, 3.63) is 60.7 Å². The second-order valence-electron chi connectivity index (χ2n) is 3.49. The van der Waals surface area contributed by atoms with E-state index in [4.69, 9.17) is 5.11 Å². The van der Waals surface area contributed by atoms with Gasteiger partial charge in [0.2, 0.25) is 0 Å². The Morgan fingerprint density at radius 3 is 1.33 bits per heavy atom. The molecule has 0 aliphatic carbocycles. The molecule has 1 aliphatic rings. The van der Waals surface area contributed by atoms with E-state index in [1.54, 1.807) is 0 Å². The van der Waals surface area contributed by atoms with Crippen molar-refractivity contribution >= 4 is 0 Å². The van der Waals surface area contributed by atoms with Gasteiger partial charge >= 0.3 is 0 Å². The minimum Gasteiger partial charge on any atom is -0.351 e. The van der Waals surface area contributed by atoms with Gasteiger partial charge in [0.05, 0.1) is 0 Å². The lowest BCUT2D eigenvalue weighted by atomic mass is 10.1. The Balaban J connectivity index is 0.000000169. The largest absolute Gasteiger partial charge is 0.351 e. The van der Waals surface area contributed by atoms with Gasteiger partial charge in [0, 0.05) is 0 Å². The normalized spacial score (nSPS) is 13.2. The number of benzene rings is 2. The Morgan fingerprint density at radius 1 is 0.667 bits per heavy atom. The Hall–Kier alpha value is -2.40. The zero-order valence-electron chi connectivity index (χ0n) is 9.59. The lowest BCUT2D eigenvalue weighted by Crippen LogP contribution is -1.88. The van der Waals surface area contributed by atoms with Crippen LogP contribution in [0.25, 0.3) is 11.1 Å². The van der Waals surface area contributed by atoms with Crippen molar-refractivity contribution in [3.63, 3.8) is 0 Å². The van der Waals surface area contributed by atoms with Crippen molar-refractivity contribution in [1.82, 2.24) is 0 Å². The van der Waals surface area contributed by atoms with Gasteiger partial charge in [0.25, 0.3) is 6.35 Å². The summed E-state index contributed by atoms with van der Waals surface area (Å²) in [6.07, 6.45) is -1.04. The molecule has 1 aliphatic heterocycles. The molecule has 0 radical (unpaired) electrons. The van der Waals surface area contributed by atoms with Crippen LogP contribution in [0.1, 0.15) is 0 Å². The van der Waals surface area contributed by atoms with E-state index in [0.29, 0.717) is 0 Å². The standard InChI is InChI=1S/C12H10.CH2N4O/c1-3-7-11(8-4-1)12-9-5-2-6-10-12;6-1-2-4-5-3-1/h1-10H;1,6H. The van der Waals surface area contributed by atoms with Crippen LogP contribution in [0.4, 0.5) is 0 Å². The van der Waals surface area contributed by atoms with Crippen LogP contribution >= 0.6 is 0 Å². The Kier molecular flexibility index (Phi) is 4.27. The second kappa shape index (κ2) is 6.36. The summed E-state index contributed by atoms with van der Waals surface area (Å²) in [6, 6.07) is 20.8. The molecule has 1 N–H and O–H groups in total. The number of aliphatic hydroxyl groups excluding tert-OH is 1. The van der Waals surface area contributed by atoms with Gasteiger partial charge in [-0.2, -0.15) is 0 Å². The maximum Gasteiger partial charge on any atom is 0.284 e. The molecule has 2 aromatic rings. The van der Waals surface area contributed by atoms with Crippen LogP contribution in [-0.4, -0.2) is 11.5 Å². The first-order chi connectivity index (χ1) is 8.86. The topological polar surface area (TPSA) is 69.7 Å². The maximum atomic E-state index is 8.21. The molecule has 0 unspecified atom stereocenters. The molecule has 5 heteroatoms. The molecule has 0 spiro atoms. The van der Waals surface area contributed by atoms with Crippen molar-refractivity contribution in [1.29, 1.82) is 0 Å². The van der Waals surface area contributed by atoms with Crippen LogP contribution < -0.4 is 0 Å². The van der Waals surface area contributed by atoms with Gasteiger partial charge in [-0.25, -0.2) is 0 Å². The van der Waals surface area contributed by atoms with Gasteiger partial charge in [-0.15, -0.1) is 10.2 Å². The van der Waals surface area contributed by atoms with E-state index in [-0.39, 0.29) is 0 Å². The second-order valence-corrected chi connectivity index (χ2v) is 3.49. The van der Waals surface area contributed by atoms with Crippen LogP contribution in [0, 0.1) is 0 Å². The quantitative estimate of drug-likeness (QED) is 0.814. The van der Waals surface area contributed by atoms with Crippen molar-refractivity contribution < 1.29 is 5.11 Å². The van der Waals surface area contributed by atoms with Crippen LogP contribution in [-0.2, 0) is 0 Å². The molecule has 0 amide bonds. The Labute approximate surface area is 105 Å². The summed E-state index contributed by atoms with van der Waals surface area (Å²) >= 11 is 0. The Morgan fingerprint density at radius 2 is 1.06 bits per heavy atom. The number of hydrogen-bond donors (Lipinski definition) is 1. The van der Waals surface area contributed by atoms with E-state index in [1.807, 2.05) is 12.1 Å². The molecule has 0 saturated heterocycles. The fourth-order valence-corrected chi connectivity index (χ4v) is 1.42. The highest BCUT2D eigenvalue weighted by atomic mass is 16.3. The third-order valence-corrected chi connectivity index (χ3v) is 2.23. The molecule has 0 atom stereocenters. The summed E-state index contributed by atoms with van der Waals surface area (Å²) in [6.45, 7) is 0. The molecule has 5 nitrogen and oxygen atoms in total. The summed E-state index contributed by atoms with van der Waals surface area (Å²) in [5.41, 5.74) is 2.55. The van der Waals surface area contributed by atoms with E-state index in [0.717, 1.165) is 0 Å². The van der Waals surface area contributed by atoms with E-state index in [9.17, 15) is 0 Å². The molecular formula is C13H12N4O. The zero-order chi connectivity index (χ0) is 12.6. The Bertz CT molecular complexity index is 476. The highest BCUT2D eigenvalue weighted by Gasteiger charge is 1.98. The third-order valence-electron chi connectivity index (χ3n) is 2.23. The average molecular weight is 240 g/mol. The van der Waals surface area contributed by atoms with Crippen molar-refractivity contribution in [3.8, 4) is 11.1 Å². The summed E-state index contributed by atoms with van der Waals surface area (Å²) in [4.78, 5) is 0. The first kappa shape index (κ1) is 12.1. The van der Waals surface area contributed by atoms with E-state index < -0.39 is 6.35 Å². The molecule has 90 valence electrons. The van der Waals surface area contributed by atoms with Crippen molar-refractivity contribution in [2.24, 2.45) is 20.7 Å². The highest BCUT2D eigenvalue weighted by molar-refractivity contribution is 5.62. The van der Waals surface area contributed by atoms with Crippen LogP contribution in [0.5, 0.6) is 0 Å². The molecule has 1 heterocycles. The smallest absolute Gasteiger partial charge is 0.284 e. The van der Waals surface area contributed by atoms with E-state index in [1.165, 1.54) is 11.1 Å². The number of rotatable bonds is 1. The number of hydrogen-bond acceptors (Lipinski definition) is 5.